The normalized spacial score (nSPS) is 11.3. The van der Waals surface area contributed by atoms with Crippen molar-refractivity contribution < 1.29 is 32.3 Å². The largest absolute Gasteiger partial charge is 0.458 e. The number of hydrogen-bond donors (Lipinski definition) is 0. The predicted molar refractivity (Wildman–Crippen MR) is 91.4 cm³/mol. The summed E-state index contributed by atoms with van der Waals surface area (Å²) in [7, 11) is 0. The highest BCUT2D eigenvalue weighted by Crippen LogP contribution is 2.39. The van der Waals surface area contributed by atoms with Gasteiger partial charge < -0.3 is 9.30 Å². The third-order valence-electron chi connectivity index (χ3n) is 3.88. The Morgan fingerprint density at radius 3 is 2.37 bits per heavy atom. The SMILES string of the molecule is CC(=O)C(=O)OCCn1cc(C(=O)Cl)c(C)c1-c1ccccc1C(F)(F)F. The molecule has 0 N–H and O–H groups in total. The molecule has 0 fully saturated rings. The van der Waals surface area contributed by atoms with E-state index in [0.717, 1.165) is 13.0 Å². The number of esters is 1. The van der Waals surface area contributed by atoms with E-state index in [9.17, 15) is 27.6 Å². The number of benzene rings is 1. The molecule has 0 spiro atoms. The summed E-state index contributed by atoms with van der Waals surface area (Å²) in [6.45, 7) is 2.20. The van der Waals surface area contributed by atoms with Crippen LogP contribution in [0.4, 0.5) is 13.2 Å². The number of carbonyl (C=O) groups is 3. The van der Waals surface area contributed by atoms with Gasteiger partial charge >= 0.3 is 12.1 Å². The van der Waals surface area contributed by atoms with Crippen molar-refractivity contribution in [2.24, 2.45) is 0 Å². The Labute approximate surface area is 157 Å². The number of alkyl halides is 3. The van der Waals surface area contributed by atoms with Crippen LogP contribution in [0.3, 0.4) is 0 Å². The third-order valence-corrected chi connectivity index (χ3v) is 4.09. The number of rotatable bonds is 6. The van der Waals surface area contributed by atoms with Gasteiger partial charge in [0.15, 0.2) is 0 Å². The fraction of sp³-hybridized carbons (Fsp3) is 0.278. The van der Waals surface area contributed by atoms with E-state index in [1.807, 2.05) is 0 Å². The summed E-state index contributed by atoms with van der Waals surface area (Å²) in [5, 5.41) is -0.822. The zero-order valence-electron chi connectivity index (χ0n) is 14.4. The molecule has 9 heteroatoms. The van der Waals surface area contributed by atoms with Crippen LogP contribution in [0.2, 0.25) is 0 Å². The van der Waals surface area contributed by atoms with Crippen LogP contribution < -0.4 is 0 Å². The molecule has 0 amide bonds. The van der Waals surface area contributed by atoms with Crippen molar-refractivity contribution >= 4 is 28.6 Å². The first kappa shape index (κ1) is 20.7. The molecule has 144 valence electrons. The minimum Gasteiger partial charge on any atom is -0.458 e. The number of ketones is 1. The monoisotopic (exact) mass is 401 g/mol. The molecule has 1 aromatic carbocycles. The van der Waals surface area contributed by atoms with Crippen LogP contribution >= 0.6 is 11.6 Å². The highest BCUT2D eigenvalue weighted by Gasteiger charge is 2.35. The van der Waals surface area contributed by atoms with Crippen molar-refractivity contribution in [3.8, 4) is 11.3 Å². The van der Waals surface area contributed by atoms with Gasteiger partial charge in [-0.25, -0.2) is 4.79 Å². The predicted octanol–water partition coefficient (Wildman–Crippen LogP) is 3.99. The van der Waals surface area contributed by atoms with E-state index >= 15 is 0 Å². The molecule has 0 radical (unpaired) electrons. The first-order valence-corrected chi connectivity index (χ1v) is 8.15. The second-order valence-corrected chi connectivity index (χ2v) is 6.06. The molecule has 0 aliphatic heterocycles. The smallest absolute Gasteiger partial charge is 0.417 e. The molecular weight excluding hydrogens is 387 g/mol. The van der Waals surface area contributed by atoms with E-state index in [-0.39, 0.29) is 35.5 Å². The number of halogens is 4. The van der Waals surface area contributed by atoms with Crippen LogP contribution in [-0.4, -0.2) is 28.2 Å². The topological polar surface area (TPSA) is 65.4 Å². The second-order valence-electron chi connectivity index (χ2n) is 5.72. The lowest BCUT2D eigenvalue weighted by Gasteiger charge is -2.16. The quantitative estimate of drug-likeness (QED) is 0.417. The summed E-state index contributed by atoms with van der Waals surface area (Å²) in [5.74, 6) is -1.84. The van der Waals surface area contributed by atoms with Gasteiger partial charge in [0.05, 0.1) is 23.4 Å². The van der Waals surface area contributed by atoms with Gasteiger partial charge in [-0.2, -0.15) is 13.2 Å². The van der Waals surface area contributed by atoms with Gasteiger partial charge in [0.2, 0.25) is 5.78 Å². The molecule has 5 nitrogen and oxygen atoms in total. The van der Waals surface area contributed by atoms with Crippen LogP contribution in [0.5, 0.6) is 0 Å². The van der Waals surface area contributed by atoms with Crippen molar-refractivity contribution in [2.75, 3.05) is 6.61 Å². The molecule has 0 saturated carbocycles. The van der Waals surface area contributed by atoms with Crippen molar-refractivity contribution in [2.45, 2.75) is 26.6 Å². The number of nitrogens with zero attached hydrogens (tertiary/aromatic N) is 1. The molecule has 0 saturated heterocycles. The number of ether oxygens (including phenoxy) is 1. The molecular formula is C18H15ClF3NO4. The lowest BCUT2D eigenvalue weighted by Crippen LogP contribution is -2.17. The summed E-state index contributed by atoms with van der Waals surface area (Å²) < 4.78 is 46.3. The second kappa shape index (κ2) is 7.96. The van der Waals surface area contributed by atoms with Crippen LogP contribution in [0.25, 0.3) is 11.3 Å². The van der Waals surface area contributed by atoms with Gasteiger partial charge in [-0.1, -0.05) is 18.2 Å². The van der Waals surface area contributed by atoms with Crippen molar-refractivity contribution in [3.05, 3.63) is 47.2 Å². The lowest BCUT2D eigenvalue weighted by molar-refractivity contribution is -0.153. The minimum atomic E-state index is -4.61. The lowest BCUT2D eigenvalue weighted by atomic mass is 10.0. The fourth-order valence-electron chi connectivity index (χ4n) is 2.67. The van der Waals surface area contributed by atoms with Gasteiger partial charge in [-0.3, -0.25) is 9.59 Å². The fourth-order valence-corrected chi connectivity index (χ4v) is 2.86. The third kappa shape index (κ3) is 4.57. The molecule has 0 atom stereocenters. The van der Waals surface area contributed by atoms with Crippen LogP contribution in [0, 0.1) is 6.92 Å². The standard InChI is InChI=1S/C18H15ClF3NO4/c1-10-13(16(19)25)9-23(7-8-27-17(26)11(2)24)15(10)12-5-3-4-6-14(12)18(20,21)22/h3-6,9H,7-8H2,1-2H3. The number of hydrogen-bond acceptors (Lipinski definition) is 4. The van der Waals surface area contributed by atoms with Gasteiger partial charge in [0.1, 0.15) is 6.61 Å². The summed E-state index contributed by atoms with van der Waals surface area (Å²) in [5.41, 5.74) is -0.566. The Kier molecular flexibility index (Phi) is 6.10. The molecule has 0 bridgehead atoms. The van der Waals surface area contributed by atoms with Crippen molar-refractivity contribution in [1.29, 1.82) is 0 Å². The van der Waals surface area contributed by atoms with E-state index in [2.05, 4.69) is 0 Å². The van der Waals surface area contributed by atoms with Crippen LogP contribution in [0.1, 0.15) is 28.4 Å². The number of carbonyl (C=O) groups excluding carboxylic acids is 3. The molecule has 2 aromatic rings. The van der Waals surface area contributed by atoms with Crippen molar-refractivity contribution in [1.82, 2.24) is 4.57 Å². The highest BCUT2D eigenvalue weighted by molar-refractivity contribution is 6.68. The Morgan fingerprint density at radius 1 is 1.19 bits per heavy atom. The summed E-state index contributed by atoms with van der Waals surface area (Å²) in [4.78, 5) is 33.8. The van der Waals surface area contributed by atoms with Crippen LogP contribution in [-0.2, 0) is 27.0 Å². The Morgan fingerprint density at radius 2 is 1.81 bits per heavy atom. The maximum absolute atomic E-state index is 13.4. The van der Waals surface area contributed by atoms with Crippen molar-refractivity contribution in [3.63, 3.8) is 0 Å². The van der Waals surface area contributed by atoms with E-state index in [1.54, 1.807) is 0 Å². The molecule has 0 aliphatic carbocycles. The minimum absolute atomic E-state index is 0.0431. The summed E-state index contributed by atoms with van der Waals surface area (Å²) >= 11 is 5.53. The first-order valence-electron chi connectivity index (χ1n) is 7.78. The van der Waals surface area contributed by atoms with E-state index < -0.39 is 28.7 Å². The molecule has 2 rings (SSSR count). The maximum atomic E-state index is 13.4. The molecule has 0 aliphatic rings. The molecule has 27 heavy (non-hydrogen) atoms. The Balaban J connectivity index is 2.51. The van der Waals surface area contributed by atoms with E-state index in [0.29, 0.717) is 0 Å². The summed E-state index contributed by atoms with van der Waals surface area (Å²) in [6.07, 6.45) is -3.31. The Hall–Kier alpha value is -2.61. The Bertz CT molecular complexity index is 902. The highest BCUT2D eigenvalue weighted by atomic mass is 35.5. The maximum Gasteiger partial charge on any atom is 0.417 e. The van der Waals surface area contributed by atoms with Gasteiger partial charge in [0, 0.05) is 18.7 Å². The molecule has 1 aromatic heterocycles. The van der Waals surface area contributed by atoms with E-state index in [1.165, 1.54) is 35.9 Å². The van der Waals surface area contributed by atoms with Gasteiger partial charge in [-0.05, 0) is 30.2 Å². The number of Topliss-reactive ketones (excluding diaryl/α,β-unsaturated/α-hetero) is 1. The zero-order chi connectivity index (χ0) is 20.4. The van der Waals surface area contributed by atoms with Gasteiger partial charge in [-0.15, -0.1) is 0 Å². The van der Waals surface area contributed by atoms with E-state index in [4.69, 9.17) is 16.3 Å². The summed E-state index contributed by atoms with van der Waals surface area (Å²) in [6, 6.07) is 4.92. The van der Waals surface area contributed by atoms with Gasteiger partial charge in [0.25, 0.3) is 5.24 Å². The first-order chi connectivity index (χ1) is 12.5. The zero-order valence-corrected chi connectivity index (χ0v) is 15.1. The molecule has 1 heterocycles. The number of aromatic nitrogens is 1. The average Bonchev–Trinajstić information content (AvgIpc) is 2.90. The molecule has 0 unspecified atom stereocenters. The average molecular weight is 402 g/mol. The van der Waals surface area contributed by atoms with Crippen LogP contribution in [0.15, 0.2) is 30.5 Å².